The van der Waals surface area contributed by atoms with Crippen LogP contribution < -0.4 is 0 Å². The number of hydrogen-bond donors (Lipinski definition) is 0. The maximum atomic E-state index is 14.4. The Morgan fingerprint density at radius 2 is 1.48 bits per heavy atom. The van der Waals surface area contributed by atoms with E-state index in [1.165, 1.54) is 20.3 Å². The number of carbonyl (C=O) groups excluding carboxylic acids is 2. The van der Waals surface area contributed by atoms with Crippen LogP contribution in [0.25, 0.3) is 0 Å². The van der Waals surface area contributed by atoms with E-state index >= 15 is 0 Å². The fourth-order valence-electron chi connectivity index (χ4n) is 3.05. The average molecular weight is 318 g/mol. The standard InChI is InChI=1S/C18H19FO4/c1-10-9-11(2)15(18(21)23-4)16(14(10)17(20)22-3)12-7-5-6-8-13(12)19/h5-8,16H,9H2,1-4H3. The van der Waals surface area contributed by atoms with E-state index in [-0.39, 0.29) is 5.56 Å². The van der Waals surface area contributed by atoms with Crippen molar-refractivity contribution in [2.75, 3.05) is 14.2 Å². The molecule has 1 aromatic rings. The summed E-state index contributed by atoms with van der Waals surface area (Å²) in [4.78, 5) is 24.5. The minimum atomic E-state index is -0.829. The van der Waals surface area contributed by atoms with Gasteiger partial charge in [-0.1, -0.05) is 29.3 Å². The normalized spacial score (nSPS) is 15.7. The number of benzene rings is 1. The van der Waals surface area contributed by atoms with Gasteiger partial charge < -0.3 is 9.47 Å². The van der Waals surface area contributed by atoms with Crippen LogP contribution in [0.15, 0.2) is 46.6 Å². The molecule has 5 heteroatoms. The summed E-state index contributed by atoms with van der Waals surface area (Å²) in [5, 5.41) is 0. The zero-order valence-corrected chi connectivity index (χ0v) is 13.6. The first kappa shape index (κ1) is 16.9. The molecule has 2 rings (SSSR count). The van der Waals surface area contributed by atoms with Gasteiger partial charge in [0.05, 0.1) is 20.1 Å². The fraction of sp³-hybridized carbons (Fsp3) is 0.333. The lowest BCUT2D eigenvalue weighted by Gasteiger charge is -2.29. The van der Waals surface area contributed by atoms with Crippen LogP contribution in [0.1, 0.15) is 31.7 Å². The van der Waals surface area contributed by atoms with E-state index in [1.807, 2.05) is 0 Å². The van der Waals surface area contributed by atoms with Gasteiger partial charge in [0.1, 0.15) is 5.82 Å². The third-order valence-electron chi connectivity index (χ3n) is 4.05. The third-order valence-corrected chi connectivity index (χ3v) is 4.05. The molecule has 122 valence electrons. The summed E-state index contributed by atoms with van der Waals surface area (Å²) in [6, 6.07) is 6.10. The molecule has 0 heterocycles. The molecule has 0 saturated heterocycles. The van der Waals surface area contributed by atoms with Gasteiger partial charge in [-0.3, -0.25) is 0 Å². The van der Waals surface area contributed by atoms with E-state index in [1.54, 1.807) is 32.0 Å². The summed E-state index contributed by atoms with van der Waals surface area (Å²) in [5.41, 5.74) is 2.37. The van der Waals surface area contributed by atoms with Gasteiger partial charge in [-0.25, -0.2) is 14.0 Å². The average Bonchev–Trinajstić information content (AvgIpc) is 2.53. The Balaban J connectivity index is 2.73. The van der Waals surface area contributed by atoms with Gasteiger partial charge in [-0.2, -0.15) is 0 Å². The highest BCUT2D eigenvalue weighted by Gasteiger charge is 2.38. The van der Waals surface area contributed by atoms with Crippen molar-refractivity contribution in [3.63, 3.8) is 0 Å². The zero-order valence-electron chi connectivity index (χ0n) is 13.6. The minimum Gasteiger partial charge on any atom is -0.466 e. The number of hydrogen-bond acceptors (Lipinski definition) is 4. The van der Waals surface area contributed by atoms with Crippen molar-refractivity contribution in [3.05, 3.63) is 57.9 Å². The number of carbonyl (C=O) groups is 2. The van der Waals surface area contributed by atoms with Gasteiger partial charge in [0.25, 0.3) is 0 Å². The zero-order chi connectivity index (χ0) is 17.1. The first-order chi connectivity index (χ1) is 10.9. The van der Waals surface area contributed by atoms with Crippen LogP contribution in [0.2, 0.25) is 0 Å². The molecule has 1 aliphatic rings. The Morgan fingerprint density at radius 1 is 1.00 bits per heavy atom. The second-order valence-electron chi connectivity index (χ2n) is 5.50. The molecule has 0 bridgehead atoms. The molecule has 0 radical (unpaired) electrons. The largest absolute Gasteiger partial charge is 0.466 e. The van der Waals surface area contributed by atoms with Crippen LogP contribution in [0.5, 0.6) is 0 Å². The van der Waals surface area contributed by atoms with E-state index in [9.17, 15) is 14.0 Å². The molecular formula is C18H19FO4. The van der Waals surface area contributed by atoms with Crippen LogP contribution in [0.4, 0.5) is 4.39 Å². The smallest absolute Gasteiger partial charge is 0.334 e. The maximum absolute atomic E-state index is 14.4. The van der Waals surface area contributed by atoms with E-state index in [2.05, 4.69) is 0 Å². The number of rotatable bonds is 3. The molecule has 1 aromatic carbocycles. The van der Waals surface area contributed by atoms with Crippen molar-refractivity contribution in [1.29, 1.82) is 0 Å². The van der Waals surface area contributed by atoms with E-state index in [0.717, 1.165) is 11.1 Å². The lowest BCUT2D eigenvalue weighted by Crippen LogP contribution is -2.26. The van der Waals surface area contributed by atoms with Gasteiger partial charge in [-0.15, -0.1) is 0 Å². The number of allylic oxidation sites excluding steroid dienone is 2. The summed E-state index contributed by atoms with van der Waals surface area (Å²) in [7, 11) is 2.54. The molecule has 0 N–H and O–H groups in total. The van der Waals surface area contributed by atoms with Crippen molar-refractivity contribution >= 4 is 11.9 Å². The molecule has 0 spiro atoms. The summed E-state index contributed by atoms with van der Waals surface area (Å²) in [5.74, 6) is -2.44. The topological polar surface area (TPSA) is 52.6 Å². The molecule has 0 amide bonds. The van der Waals surface area contributed by atoms with Gasteiger partial charge in [-0.05, 0) is 26.3 Å². The number of methoxy groups -OCH3 is 2. The lowest BCUT2D eigenvalue weighted by molar-refractivity contribution is -0.137. The predicted octanol–water partition coefficient (Wildman–Crippen LogP) is 3.29. The second-order valence-corrected chi connectivity index (χ2v) is 5.50. The van der Waals surface area contributed by atoms with Gasteiger partial charge in [0, 0.05) is 16.7 Å². The van der Waals surface area contributed by atoms with Crippen molar-refractivity contribution < 1.29 is 23.5 Å². The molecular weight excluding hydrogens is 299 g/mol. The van der Waals surface area contributed by atoms with Crippen molar-refractivity contribution in [1.82, 2.24) is 0 Å². The Bertz CT molecular complexity index is 677. The highest BCUT2D eigenvalue weighted by Crippen LogP contribution is 2.43. The molecule has 0 aliphatic heterocycles. The second kappa shape index (κ2) is 6.77. The molecule has 0 saturated carbocycles. The van der Waals surface area contributed by atoms with E-state index < -0.39 is 23.7 Å². The molecule has 0 fully saturated rings. The molecule has 0 atom stereocenters. The summed E-state index contributed by atoms with van der Waals surface area (Å²) in [6.07, 6.45) is 0.444. The van der Waals surface area contributed by atoms with Crippen molar-refractivity contribution in [2.24, 2.45) is 0 Å². The SMILES string of the molecule is COC(=O)C1=C(C)CC(C)=C(C(=O)OC)C1c1ccccc1F. The predicted molar refractivity (Wildman–Crippen MR) is 83.2 cm³/mol. The van der Waals surface area contributed by atoms with E-state index in [4.69, 9.17) is 9.47 Å². The van der Waals surface area contributed by atoms with Crippen molar-refractivity contribution in [3.8, 4) is 0 Å². The molecule has 0 aromatic heterocycles. The number of ether oxygens (including phenoxy) is 2. The summed E-state index contributed by atoms with van der Waals surface area (Å²) in [6.45, 7) is 3.58. The first-order valence-corrected chi connectivity index (χ1v) is 7.22. The quantitative estimate of drug-likeness (QED) is 0.803. The van der Waals surface area contributed by atoms with Gasteiger partial charge >= 0.3 is 11.9 Å². The highest BCUT2D eigenvalue weighted by molar-refractivity contribution is 6.00. The monoisotopic (exact) mass is 318 g/mol. The van der Waals surface area contributed by atoms with Crippen LogP contribution in [0.3, 0.4) is 0 Å². The molecule has 23 heavy (non-hydrogen) atoms. The Kier molecular flexibility index (Phi) is 4.98. The number of halogens is 1. The van der Waals surface area contributed by atoms with Crippen LogP contribution in [0, 0.1) is 5.82 Å². The fourth-order valence-corrected chi connectivity index (χ4v) is 3.05. The lowest BCUT2D eigenvalue weighted by atomic mass is 9.75. The van der Waals surface area contributed by atoms with Crippen LogP contribution >= 0.6 is 0 Å². The Morgan fingerprint density at radius 3 is 1.91 bits per heavy atom. The number of esters is 2. The van der Waals surface area contributed by atoms with Gasteiger partial charge in [0.2, 0.25) is 0 Å². The van der Waals surface area contributed by atoms with E-state index in [0.29, 0.717) is 17.6 Å². The maximum Gasteiger partial charge on any atom is 0.334 e. The third kappa shape index (κ3) is 3.04. The van der Waals surface area contributed by atoms with Crippen LogP contribution in [-0.2, 0) is 19.1 Å². The van der Waals surface area contributed by atoms with Gasteiger partial charge in [0.15, 0.2) is 0 Å². The summed E-state index contributed by atoms with van der Waals surface area (Å²) >= 11 is 0. The minimum absolute atomic E-state index is 0.256. The Labute approximate surface area is 134 Å². The molecule has 1 aliphatic carbocycles. The summed E-state index contributed by atoms with van der Waals surface area (Å²) < 4.78 is 24.1. The highest BCUT2D eigenvalue weighted by atomic mass is 19.1. The Hall–Kier alpha value is -2.43. The van der Waals surface area contributed by atoms with Crippen LogP contribution in [-0.4, -0.2) is 26.2 Å². The van der Waals surface area contributed by atoms with Crippen molar-refractivity contribution in [2.45, 2.75) is 26.2 Å². The molecule has 0 unspecified atom stereocenters. The first-order valence-electron chi connectivity index (χ1n) is 7.22. The molecule has 4 nitrogen and oxygen atoms in total.